The summed E-state index contributed by atoms with van der Waals surface area (Å²) in [6, 6.07) is 9.59. The van der Waals surface area contributed by atoms with Gasteiger partial charge in [0.2, 0.25) is 0 Å². The van der Waals surface area contributed by atoms with Crippen molar-refractivity contribution in [3.8, 4) is 11.4 Å². The lowest BCUT2D eigenvalue weighted by molar-refractivity contribution is 0.881. The summed E-state index contributed by atoms with van der Waals surface area (Å²) in [6.45, 7) is 0. The minimum absolute atomic E-state index is 0.618. The highest BCUT2D eigenvalue weighted by molar-refractivity contribution is 5.91. The van der Waals surface area contributed by atoms with Crippen LogP contribution in [0.4, 0.5) is 0 Å². The molecule has 71 valence electrons. The zero-order valence-electron chi connectivity index (χ0n) is 7.68. The van der Waals surface area contributed by atoms with Crippen molar-refractivity contribution in [2.45, 2.75) is 0 Å². The fraction of sp³-hybridized carbons (Fsp3) is 0. The van der Waals surface area contributed by atoms with Crippen molar-refractivity contribution in [1.29, 1.82) is 0 Å². The predicted octanol–water partition coefficient (Wildman–Crippen LogP) is 1.22. The maximum atomic E-state index is 4.20. The van der Waals surface area contributed by atoms with Gasteiger partial charge in [0.15, 0.2) is 5.82 Å². The van der Waals surface area contributed by atoms with Crippen molar-refractivity contribution < 1.29 is 0 Å². The molecule has 0 saturated heterocycles. The van der Waals surface area contributed by atoms with E-state index in [0.29, 0.717) is 5.82 Å². The highest BCUT2D eigenvalue weighted by Crippen LogP contribution is 2.22. The van der Waals surface area contributed by atoms with E-state index in [1.165, 1.54) is 0 Å². The third kappa shape index (κ3) is 1.25. The van der Waals surface area contributed by atoms with Gasteiger partial charge in [0, 0.05) is 10.9 Å². The molecule has 0 aliphatic carbocycles. The van der Waals surface area contributed by atoms with Gasteiger partial charge in [-0.3, -0.25) is 0 Å². The molecule has 2 aromatic heterocycles. The third-order valence-corrected chi connectivity index (χ3v) is 2.18. The van der Waals surface area contributed by atoms with Gasteiger partial charge in [-0.05, 0) is 22.6 Å². The van der Waals surface area contributed by atoms with Crippen LogP contribution in [0.5, 0.6) is 0 Å². The second-order valence-electron chi connectivity index (χ2n) is 3.07. The van der Waals surface area contributed by atoms with E-state index in [0.717, 1.165) is 16.5 Å². The lowest BCUT2D eigenvalue weighted by Crippen LogP contribution is -1.86. The monoisotopic (exact) mass is 196 g/mol. The Bertz CT molecular complexity index is 582. The second kappa shape index (κ2) is 3.13. The SMILES string of the molecule is [c]1ccc2cccc(-c3nnn[nH]3)c2n1. The molecule has 15 heavy (non-hydrogen) atoms. The van der Waals surface area contributed by atoms with Crippen LogP contribution in [0.25, 0.3) is 22.3 Å². The van der Waals surface area contributed by atoms with Crippen molar-refractivity contribution >= 4 is 10.9 Å². The number of benzene rings is 1. The third-order valence-electron chi connectivity index (χ3n) is 2.18. The summed E-state index contributed by atoms with van der Waals surface area (Å²) < 4.78 is 0. The van der Waals surface area contributed by atoms with Gasteiger partial charge in [-0.15, -0.1) is 5.10 Å². The molecular formula is C10H6N5. The first kappa shape index (κ1) is 8.05. The molecule has 0 amide bonds. The molecule has 3 rings (SSSR count). The molecule has 1 N–H and O–H groups in total. The number of rotatable bonds is 1. The quantitative estimate of drug-likeness (QED) is 0.635. The fourth-order valence-corrected chi connectivity index (χ4v) is 1.51. The number of hydrogen-bond acceptors (Lipinski definition) is 4. The number of para-hydroxylation sites is 1. The molecule has 5 heteroatoms. The van der Waals surface area contributed by atoms with Crippen LogP contribution in [0.2, 0.25) is 0 Å². The van der Waals surface area contributed by atoms with E-state index in [2.05, 4.69) is 31.8 Å². The summed E-state index contributed by atoms with van der Waals surface area (Å²) in [5.74, 6) is 0.618. The normalized spacial score (nSPS) is 10.7. The Morgan fingerprint density at radius 3 is 3.07 bits per heavy atom. The van der Waals surface area contributed by atoms with E-state index >= 15 is 0 Å². The van der Waals surface area contributed by atoms with Crippen LogP contribution in [0.3, 0.4) is 0 Å². The van der Waals surface area contributed by atoms with Crippen molar-refractivity contribution in [2.24, 2.45) is 0 Å². The second-order valence-corrected chi connectivity index (χ2v) is 3.07. The molecular weight excluding hydrogens is 190 g/mol. The number of aromatic amines is 1. The van der Waals surface area contributed by atoms with E-state index in [9.17, 15) is 0 Å². The molecule has 5 nitrogen and oxygen atoms in total. The number of aromatic nitrogens is 5. The maximum Gasteiger partial charge on any atom is 0.181 e. The lowest BCUT2D eigenvalue weighted by Gasteiger charge is -2.00. The molecule has 0 bridgehead atoms. The number of hydrogen-bond donors (Lipinski definition) is 1. The highest BCUT2D eigenvalue weighted by Gasteiger charge is 2.06. The molecule has 0 spiro atoms. The predicted molar refractivity (Wildman–Crippen MR) is 53.8 cm³/mol. The van der Waals surface area contributed by atoms with E-state index in [1.807, 2.05) is 24.3 Å². The van der Waals surface area contributed by atoms with Crippen molar-refractivity contribution in [3.05, 3.63) is 36.5 Å². The number of pyridine rings is 1. The summed E-state index contributed by atoms with van der Waals surface area (Å²) in [5, 5.41) is 14.7. The van der Waals surface area contributed by atoms with Gasteiger partial charge in [-0.25, -0.2) is 10.1 Å². The summed E-state index contributed by atoms with van der Waals surface area (Å²) in [4.78, 5) is 4.20. The number of fused-ring (bicyclic) bond motifs is 1. The molecule has 1 aromatic carbocycles. The number of tetrazole rings is 1. The Morgan fingerprint density at radius 2 is 2.20 bits per heavy atom. The molecule has 0 aliphatic heterocycles. The minimum atomic E-state index is 0.618. The highest BCUT2D eigenvalue weighted by atomic mass is 15.5. The molecule has 0 unspecified atom stereocenters. The lowest BCUT2D eigenvalue weighted by atomic mass is 10.1. The standard InChI is InChI=1S/C10H6N5/c1-3-7-4-2-6-11-9(7)8(5-1)10-12-14-15-13-10/h1-5H,(H,12,13,14,15). The summed E-state index contributed by atoms with van der Waals surface area (Å²) in [6.07, 6.45) is 2.81. The van der Waals surface area contributed by atoms with Crippen LogP contribution < -0.4 is 0 Å². The van der Waals surface area contributed by atoms with E-state index < -0.39 is 0 Å². The fourth-order valence-electron chi connectivity index (χ4n) is 1.51. The Balaban J connectivity index is 2.36. The first-order valence-corrected chi connectivity index (χ1v) is 4.45. The average Bonchev–Trinajstić information content (AvgIpc) is 2.82. The van der Waals surface area contributed by atoms with Crippen LogP contribution in [-0.2, 0) is 0 Å². The Kier molecular flexibility index (Phi) is 1.68. The Hall–Kier alpha value is -2.30. The van der Waals surface area contributed by atoms with Crippen LogP contribution in [0.15, 0.2) is 30.3 Å². The molecule has 0 atom stereocenters. The van der Waals surface area contributed by atoms with Crippen LogP contribution >= 0.6 is 0 Å². The average molecular weight is 196 g/mol. The molecule has 3 aromatic rings. The molecule has 1 radical (unpaired) electrons. The van der Waals surface area contributed by atoms with Crippen molar-refractivity contribution in [1.82, 2.24) is 25.6 Å². The molecule has 0 fully saturated rings. The first-order chi connectivity index (χ1) is 7.45. The summed E-state index contributed by atoms with van der Waals surface area (Å²) in [7, 11) is 0. The zero-order valence-corrected chi connectivity index (χ0v) is 7.68. The first-order valence-electron chi connectivity index (χ1n) is 4.45. The molecule has 0 saturated carbocycles. The smallest absolute Gasteiger partial charge is 0.181 e. The Morgan fingerprint density at radius 1 is 1.20 bits per heavy atom. The Labute approximate surface area is 85.2 Å². The maximum absolute atomic E-state index is 4.20. The zero-order chi connectivity index (χ0) is 10.1. The van der Waals surface area contributed by atoms with Crippen LogP contribution in [0.1, 0.15) is 0 Å². The van der Waals surface area contributed by atoms with Gasteiger partial charge in [0.1, 0.15) is 0 Å². The van der Waals surface area contributed by atoms with Gasteiger partial charge in [0.05, 0.1) is 11.7 Å². The minimum Gasteiger partial charge on any atom is -0.245 e. The van der Waals surface area contributed by atoms with Gasteiger partial charge in [-0.1, -0.05) is 18.2 Å². The van der Waals surface area contributed by atoms with Crippen LogP contribution in [-0.4, -0.2) is 25.6 Å². The van der Waals surface area contributed by atoms with Gasteiger partial charge >= 0.3 is 0 Å². The van der Waals surface area contributed by atoms with E-state index in [4.69, 9.17) is 0 Å². The molecule has 2 heterocycles. The van der Waals surface area contributed by atoms with E-state index in [1.54, 1.807) is 6.07 Å². The largest absolute Gasteiger partial charge is 0.245 e. The molecule has 0 aliphatic rings. The van der Waals surface area contributed by atoms with Gasteiger partial charge in [0.25, 0.3) is 0 Å². The topological polar surface area (TPSA) is 67.3 Å². The van der Waals surface area contributed by atoms with Crippen molar-refractivity contribution in [3.63, 3.8) is 0 Å². The summed E-state index contributed by atoms with van der Waals surface area (Å²) in [5.41, 5.74) is 1.73. The van der Waals surface area contributed by atoms with E-state index in [-0.39, 0.29) is 0 Å². The number of H-pyrrole nitrogens is 1. The number of nitrogens with zero attached hydrogens (tertiary/aromatic N) is 4. The van der Waals surface area contributed by atoms with Gasteiger partial charge in [-0.2, -0.15) is 0 Å². The number of nitrogens with one attached hydrogen (secondary N) is 1. The van der Waals surface area contributed by atoms with Crippen LogP contribution in [0, 0.1) is 6.20 Å². The summed E-state index contributed by atoms with van der Waals surface area (Å²) >= 11 is 0. The van der Waals surface area contributed by atoms with Gasteiger partial charge < -0.3 is 0 Å². The van der Waals surface area contributed by atoms with Crippen molar-refractivity contribution in [2.75, 3.05) is 0 Å².